The summed E-state index contributed by atoms with van der Waals surface area (Å²) in [5.74, 6) is -0.529. The van der Waals surface area contributed by atoms with Gasteiger partial charge in [-0.3, -0.25) is 9.78 Å². The van der Waals surface area contributed by atoms with E-state index in [1.54, 1.807) is 12.3 Å². The van der Waals surface area contributed by atoms with Crippen molar-refractivity contribution < 1.29 is 18.0 Å². The van der Waals surface area contributed by atoms with Crippen molar-refractivity contribution in [3.05, 3.63) is 83.7 Å². The minimum absolute atomic E-state index is 0.0706. The summed E-state index contributed by atoms with van der Waals surface area (Å²) in [4.78, 5) is 18.7. The largest absolute Gasteiger partial charge is 0.416 e. The van der Waals surface area contributed by atoms with Gasteiger partial charge in [0.05, 0.1) is 23.0 Å². The van der Waals surface area contributed by atoms with Crippen LogP contribution >= 0.6 is 0 Å². The lowest BCUT2D eigenvalue weighted by Gasteiger charge is -2.23. The maximum absolute atomic E-state index is 12.9. The van der Waals surface area contributed by atoms with E-state index in [1.807, 2.05) is 43.0 Å². The molecule has 1 amide bonds. The second-order valence-electron chi connectivity index (χ2n) is 6.55. The normalized spacial score (nSPS) is 11.2. The summed E-state index contributed by atoms with van der Waals surface area (Å²) in [7, 11) is 0. The first-order chi connectivity index (χ1) is 13.8. The third-order valence-corrected chi connectivity index (χ3v) is 4.37. The lowest BCUT2D eigenvalue weighted by molar-refractivity contribution is -0.137. The summed E-state index contributed by atoms with van der Waals surface area (Å²) in [6.07, 6.45) is -1.44. The quantitative estimate of drug-likeness (QED) is 0.588. The fourth-order valence-corrected chi connectivity index (χ4v) is 2.99. The minimum atomic E-state index is -4.47. The highest BCUT2D eigenvalue weighted by molar-refractivity contribution is 6.04. The van der Waals surface area contributed by atoms with Gasteiger partial charge in [0.25, 0.3) is 5.91 Å². The smallest absolute Gasteiger partial charge is 0.340 e. The van der Waals surface area contributed by atoms with Crippen molar-refractivity contribution in [3.8, 4) is 0 Å². The van der Waals surface area contributed by atoms with E-state index in [0.29, 0.717) is 6.54 Å². The number of amides is 1. The molecule has 0 radical (unpaired) electrons. The second-order valence-corrected chi connectivity index (χ2v) is 6.55. The zero-order valence-corrected chi connectivity index (χ0v) is 16.0. The van der Waals surface area contributed by atoms with E-state index >= 15 is 0 Å². The Kier molecular flexibility index (Phi) is 5.87. The third kappa shape index (κ3) is 4.93. The Hall–Kier alpha value is -3.35. The van der Waals surface area contributed by atoms with Crippen molar-refractivity contribution in [2.24, 2.45) is 0 Å². The number of alkyl halides is 3. The molecule has 0 spiro atoms. The van der Waals surface area contributed by atoms with Crippen molar-refractivity contribution in [1.82, 2.24) is 4.98 Å². The predicted molar refractivity (Wildman–Crippen MR) is 107 cm³/mol. The Morgan fingerprint density at radius 3 is 2.48 bits per heavy atom. The molecule has 0 bridgehead atoms. The Balaban J connectivity index is 1.84. The monoisotopic (exact) mass is 399 g/mol. The number of hydrogen-bond acceptors (Lipinski definition) is 3. The average molecular weight is 399 g/mol. The SMILES string of the molecule is CCN(c1cccc(C)c1)c1cncc(C(=O)Nc2cccc(C(F)(F)F)c2)c1. The Morgan fingerprint density at radius 2 is 1.79 bits per heavy atom. The molecule has 0 aliphatic carbocycles. The van der Waals surface area contributed by atoms with Gasteiger partial charge >= 0.3 is 6.18 Å². The summed E-state index contributed by atoms with van der Waals surface area (Å²) in [5, 5.41) is 2.51. The van der Waals surface area contributed by atoms with Crippen LogP contribution < -0.4 is 10.2 Å². The third-order valence-electron chi connectivity index (χ3n) is 4.37. The number of anilines is 3. The zero-order valence-electron chi connectivity index (χ0n) is 16.0. The van der Waals surface area contributed by atoms with Crippen LogP contribution in [0.5, 0.6) is 0 Å². The molecular formula is C22H20F3N3O. The van der Waals surface area contributed by atoms with Crippen molar-refractivity contribution in [2.75, 3.05) is 16.8 Å². The fourth-order valence-electron chi connectivity index (χ4n) is 2.99. The first kappa shape index (κ1) is 20.4. The van der Waals surface area contributed by atoms with E-state index < -0.39 is 17.6 Å². The van der Waals surface area contributed by atoms with E-state index in [2.05, 4.69) is 10.3 Å². The molecule has 2 aromatic carbocycles. The summed E-state index contributed by atoms with van der Waals surface area (Å²) in [6, 6.07) is 14.1. The Labute approximate surface area is 167 Å². The molecule has 0 aliphatic heterocycles. The van der Waals surface area contributed by atoms with Crippen molar-refractivity contribution in [2.45, 2.75) is 20.0 Å². The standard InChI is InChI=1S/C22H20F3N3O/c1-3-28(19-9-4-6-15(2)10-19)20-11-16(13-26-14-20)21(29)27-18-8-5-7-17(12-18)22(23,24)25/h4-14H,3H2,1-2H3,(H,27,29). The molecule has 1 heterocycles. The topological polar surface area (TPSA) is 45.2 Å². The van der Waals surface area contributed by atoms with E-state index in [1.165, 1.54) is 18.3 Å². The van der Waals surface area contributed by atoms with Gasteiger partial charge in [-0.2, -0.15) is 13.2 Å². The van der Waals surface area contributed by atoms with Crippen molar-refractivity contribution in [3.63, 3.8) is 0 Å². The molecule has 7 heteroatoms. The highest BCUT2D eigenvalue weighted by Crippen LogP contribution is 2.31. The highest BCUT2D eigenvalue weighted by Gasteiger charge is 2.30. The minimum Gasteiger partial charge on any atom is -0.340 e. The van der Waals surface area contributed by atoms with E-state index in [4.69, 9.17) is 0 Å². The number of rotatable bonds is 5. The molecule has 29 heavy (non-hydrogen) atoms. The Bertz CT molecular complexity index is 1020. The number of carbonyl (C=O) groups excluding carboxylic acids is 1. The predicted octanol–water partition coefficient (Wildman–Crippen LogP) is 5.82. The molecule has 0 saturated carbocycles. The average Bonchev–Trinajstić information content (AvgIpc) is 2.68. The molecule has 0 unspecified atom stereocenters. The zero-order chi connectivity index (χ0) is 21.0. The van der Waals surface area contributed by atoms with Gasteiger partial charge < -0.3 is 10.2 Å². The molecule has 150 valence electrons. The number of carbonyl (C=O) groups is 1. The first-order valence-electron chi connectivity index (χ1n) is 9.06. The molecule has 3 aromatic rings. The van der Waals surface area contributed by atoms with Crippen LogP contribution in [0, 0.1) is 6.92 Å². The van der Waals surface area contributed by atoms with Crippen LogP contribution in [0.1, 0.15) is 28.4 Å². The van der Waals surface area contributed by atoms with Crippen LogP contribution in [0.2, 0.25) is 0 Å². The van der Waals surface area contributed by atoms with Gasteiger partial charge in [0.1, 0.15) is 0 Å². The van der Waals surface area contributed by atoms with Crippen molar-refractivity contribution in [1.29, 1.82) is 0 Å². The van der Waals surface area contributed by atoms with E-state index in [0.717, 1.165) is 29.1 Å². The van der Waals surface area contributed by atoms with Gasteiger partial charge in [-0.25, -0.2) is 0 Å². The number of nitrogens with one attached hydrogen (secondary N) is 1. The van der Waals surface area contributed by atoms with Gasteiger partial charge in [0.2, 0.25) is 0 Å². The second kappa shape index (κ2) is 8.34. The van der Waals surface area contributed by atoms with Crippen LogP contribution in [0.3, 0.4) is 0 Å². The number of halogens is 3. The number of pyridine rings is 1. The molecule has 1 aromatic heterocycles. The van der Waals surface area contributed by atoms with Crippen LogP contribution in [0.15, 0.2) is 67.0 Å². The van der Waals surface area contributed by atoms with Gasteiger partial charge in [-0.1, -0.05) is 18.2 Å². The molecule has 0 atom stereocenters. The summed E-state index contributed by atoms with van der Waals surface area (Å²) < 4.78 is 38.6. The highest BCUT2D eigenvalue weighted by atomic mass is 19.4. The van der Waals surface area contributed by atoms with Gasteiger partial charge in [-0.05, 0) is 55.8 Å². The Morgan fingerprint density at radius 1 is 1.03 bits per heavy atom. The molecule has 4 nitrogen and oxygen atoms in total. The first-order valence-corrected chi connectivity index (χ1v) is 9.06. The number of nitrogens with zero attached hydrogens (tertiary/aromatic N) is 2. The van der Waals surface area contributed by atoms with Gasteiger partial charge in [0, 0.05) is 24.1 Å². The van der Waals surface area contributed by atoms with Gasteiger partial charge in [-0.15, -0.1) is 0 Å². The fraction of sp³-hybridized carbons (Fsp3) is 0.182. The molecule has 0 fully saturated rings. The van der Waals surface area contributed by atoms with E-state index in [9.17, 15) is 18.0 Å². The number of benzene rings is 2. The number of aryl methyl sites for hydroxylation is 1. The lowest BCUT2D eigenvalue weighted by Crippen LogP contribution is -2.18. The van der Waals surface area contributed by atoms with Crippen LogP contribution in [-0.4, -0.2) is 17.4 Å². The lowest BCUT2D eigenvalue weighted by atomic mass is 10.1. The molecular weight excluding hydrogens is 379 g/mol. The summed E-state index contributed by atoms with van der Waals surface area (Å²) >= 11 is 0. The number of hydrogen-bond donors (Lipinski definition) is 1. The van der Waals surface area contributed by atoms with Crippen LogP contribution in [0.25, 0.3) is 0 Å². The molecule has 0 aliphatic rings. The molecule has 0 saturated heterocycles. The molecule has 3 rings (SSSR count). The number of aromatic nitrogens is 1. The summed E-state index contributed by atoms with van der Waals surface area (Å²) in [6.45, 7) is 4.63. The van der Waals surface area contributed by atoms with Gasteiger partial charge in [0.15, 0.2) is 0 Å². The maximum atomic E-state index is 12.9. The van der Waals surface area contributed by atoms with Crippen LogP contribution in [0.4, 0.5) is 30.2 Å². The van der Waals surface area contributed by atoms with Crippen molar-refractivity contribution >= 4 is 23.0 Å². The summed E-state index contributed by atoms with van der Waals surface area (Å²) in [5.41, 5.74) is 2.29. The maximum Gasteiger partial charge on any atom is 0.416 e. The van der Waals surface area contributed by atoms with E-state index in [-0.39, 0.29) is 11.3 Å². The molecule has 1 N–H and O–H groups in total. The van der Waals surface area contributed by atoms with Crippen LogP contribution in [-0.2, 0) is 6.18 Å².